The number of carbonyl (C=O) groups excluding carboxylic acids is 2. The number of fused-ring (bicyclic) bond motifs is 1. The first-order valence-corrected chi connectivity index (χ1v) is 9.34. The van der Waals surface area contributed by atoms with Crippen LogP contribution < -0.4 is 5.32 Å². The fourth-order valence-corrected chi connectivity index (χ4v) is 3.54. The van der Waals surface area contributed by atoms with Crippen molar-refractivity contribution >= 4 is 34.6 Å². The molecule has 0 bridgehead atoms. The second kappa shape index (κ2) is 7.40. The van der Waals surface area contributed by atoms with Crippen LogP contribution in [0.5, 0.6) is 0 Å². The number of benzene rings is 1. The highest BCUT2D eigenvalue weighted by Crippen LogP contribution is 2.20. The van der Waals surface area contributed by atoms with Crippen LogP contribution in [0.1, 0.15) is 40.4 Å². The first-order valence-electron chi connectivity index (χ1n) is 8.97. The van der Waals surface area contributed by atoms with E-state index in [0.717, 1.165) is 32.4 Å². The van der Waals surface area contributed by atoms with E-state index in [2.05, 4.69) is 10.3 Å². The van der Waals surface area contributed by atoms with Crippen LogP contribution in [0, 0.1) is 0 Å². The Labute approximate surface area is 161 Å². The van der Waals surface area contributed by atoms with Crippen LogP contribution >= 0.6 is 11.6 Å². The van der Waals surface area contributed by atoms with Gasteiger partial charge in [0, 0.05) is 30.0 Å². The number of hydrogen-bond donors (Lipinski definition) is 1. The van der Waals surface area contributed by atoms with Gasteiger partial charge in [-0.05, 0) is 49.6 Å². The van der Waals surface area contributed by atoms with Crippen molar-refractivity contribution in [3.05, 3.63) is 65.2 Å². The van der Waals surface area contributed by atoms with Crippen molar-refractivity contribution in [3.8, 4) is 0 Å². The molecule has 0 saturated carbocycles. The standard InChI is InChI=1S/C20H19ClN4O2/c21-14-7-6-8-15(13-14)22-19(26)17-16-9-2-5-12-25(16)18(23-17)20(27)24-10-3-1-4-11-24/h2,5-9,12-13H,1,3-4,10-11H2,(H,22,26). The average molecular weight is 383 g/mol. The third-order valence-corrected chi connectivity index (χ3v) is 4.92. The molecule has 0 unspecified atom stereocenters. The Morgan fingerprint density at radius 1 is 1.04 bits per heavy atom. The van der Waals surface area contributed by atoms with Crippen molar-refractivity contribution in [1.29, 1.82) is 0 Å². The van der Waals surface area contributed by atoms with Crippen LogP contribution in [0.2, 0.25) is 5.02 Å². The molecule has 3 aromatic rings. The summed E-state index contributed by atoms with van der Waals surface area (Å²) >= 11 is 5.98. The van der Waals surface area contributed by atoms with E-state index in [1.165, 1.54) is 0 Å². The summed E-state index contributed by atoms with van der Waals surface area (Å²) in [4.78, 5) is 32.0. The van der Waals surface area contributed by atoms with Gasteiger partial charge < -0.3 is 10.2 Å². The second-order valence-corrected chi connectivity index (χ2v) is 6.99. The highest BCUT2D eigenvalue weighted by molar-refractivity contribution is 6.31. The van der Waals surface area contributed by atoms with Crippen LogP contribution in [0.4, 0.5) is 5.69 Å². The van der Waals surface area contributed by atoms with Crippen LogP contribution in [0.3, 0.4) is 0 Å². The van der Waals surface area contributed by atoms with Gasteiger partial charge in [0.15, 0.2) is 5.69 Å². The van der Waals surface area contributed by atoms with Gasteiger partial charge in [-0.15, -0.1) is 0 Å². The first kappa shape index (κ1) is 17.5. The summed E-state index contributed by atoms with van der Waals surface area (Å²) in [5.41, 5.74) is 1.39. The number of anilines is 1. The fraction of sp³-hybridized carbons (Fsp3) is 0.250. The van der Waals surface area contributed by atoms with Gasteiger partial charge in [0.25, 0.3) is 11.8 Å². The Kier molecular flexibility index (Phi) is 4.81. The van der Waals surface area contributed by atoms with Crippen molar-refractivity contribution in [2.24, 2.45) is 0 Å². The molecule has 1 saturated heterocycles. The smallest absolute Gasteiger partial charge is 0.290 e. The number of amides is 2. The Balaban J connectivity index is 1.69. The summed E-state index contributed by atoms with van der Waals surface area (Å²) in [7, 11) is 0. The lowest BCUT2D eigenvalue weighted by atomic mass is 10.1. The summed E-state index contributed by atoms with van der Waals surface area (Å²) in [5, 5.41) is 3.33. The van der Waals surface area contributed by atoms with Gasteiger partial charge in [0.2, 0.25) is 5.82 Å². The van der Waals surface area contributed by atoms with Crippen molar-refractivity contribution in [1.82, 2.24) is 14.3 Å². The maximum Gasteiger partial charge on any atom is 0.290 e. The molecule has 6 nitrogen and oxygen atoms in total. The number of imidazole rings is 1. The number of aromatic nitrogens is 2. The van der Waals surface area contributed by atoms with Gasteiger partial charge in [0.05, 0.1) is 5.52 Å². The molecule has 1 aliphatic rings. The van der Waals surface area contributed by atoms with Crippen molar-refractivity contribution in [3.63, 3.8) is 0 Å². The summed E-state index contributed by atoms with van der Waals surface area (Å²) in [5.74, 6) is -0.250. The van der Waals surface area contributed by atoms with Crippen molar-refractivity contribution < 1.29 is 9.59 Å². The molecule has 1 aromatic carbocycles. The number of carbonyl (C=O) groups is 2. The molecule has 3 heterocycles. The zero-order valence-corrected chi connectivity index (χ0v) is 15.4. The Morgan fingerprint density at radius 3 is 2.63 bits per heavy atom. The second-order valence-electron chi connectivity index (χ2n) is 6.56. The molecule has 7 heteroatoms. The van der Waals surface area contributed by atoms with Crippen molar-refractivity contribution in [2.75, 3.05) is 18.4 Å². The van der Waals surface area contributed by atoms with Gasteiger partial charge in [0.1, 0.15) is 0 Å². The zero-order chi connectivity index (χ0) is 18.8. The number of pyridine rings is 1. The van der Waals surface area contributed by atoms with Crippen LogP contribution in [-0.2, 0) is 0 Å². The van der Waals surface area contributed by atoms with Gasteiger partial charge >= 0.3 is 0 Å². The number of hydrogen-bond acceptors (Lipinski definition) is 3. The molecule has 1 fully saturated rings. The first-order chi connectivity index (χ1) is 13.1. The molecule has 4 rings (SSSR count). The SMILES string of the molecule is O=C(Nc1cccc(Cl)c1)c1nc(C(=O)N2CCCCC2)n2ccccc12. The predicted molar refractivity (Wildman–Crippen MR) is 104 cm³/mol. The number of likely N-dealkylation sites (tertiary alicyclic amines) is 1. The van der Waals surface area contributed by atoms with E-state index in [1.54, 1.807) is 40.9 Å². The molecule has 0 atom stereocenters. The average Bonchev–Trinajstić information content (AvgIpc) is 3.08. The summed E-state index contributed by atoms with van der Waals surface area (Å²) < 4.78 is 1.68. The van der Waals surface area contributed by atoms with Gasteiger partial charge in [-0.1, -0.05) is 23.7 Å². The van der Waals surface area contributed by atoms with Crippen LogP contribution in [0.15, 0.2) is 48.7 Å². The van der Waals surface area contributed by atoms with Crippen molar-refractivity contribution in [2.45, 2.75) is 19.3 Å². The summed E-state index contributed by atoms with van der Waals surface area (Å²) in [6.45, 7) is 1.45. The van der Waals surface area contributed by atoms with Gasteiger partial charge in [-0.3, -0.25) is 14.0 Å². The quantitative estimate of drug-likeness (QED) is 0.747. The molecular formula is C20H19ClN4O2. The molecule has 27 heavy (non-hydrogen) atoms. The molecule has 0 radical (unpaired) electrons. The van der Waals surface area contributed by atoms with Crippen LogP contribution in [-0.4, -0.2) is 39.2 Å². The summed E-state index contributed by atoms with van der Waals surface area (Å²) in [6, 6.07) is 12.3. The minimum Gasteiger partial charge on any atom is -0.336 e. The molecule has 2 aromatic heterocycles. The maximum absolute atomic E-state index is 12.9. The molecule has 138 valence electrons. The fourth-order valence-electron chi connectivity index (χ4n) is 3.35. The van der Waals surface area contributed by atoms with Gasteiger partial charge in [-0.25, -0.2) is 4.98 Å². The lowest BCUT2D eigenvalue weighted by molar-refractivity contribution is 0.0711. The molecular weight excluding hydrogens is 364 g/mol. The number of rotatable bonds is 3. The predicted octanol–water partition coefficient (Wildman–Crippen LogP) is 3.87. The van der Waals surface area contributed by atoms with E-state index in [-0.39, 0.29) is 23.3 Å². The Bertz CT molecular complexity index is 1010. The minimum absolute atomic E-state index is 0.141. The molecule has 0 aliphatic carbocycles. The molecule has 1 aliphatic heterocycles. The zero-order valence-electron chi connectivity index (χ0n) is 14.7. The molecule has 0 spiro atoms. The lowest BCUT2D eigenvalue weighted by Gasteiger charge is -2.25. The monoisotopic (exact) mass is 382 g/mol. The van der Waals surface area contributed by atoms with Gasteiger partial charge in [-0.2, -0.15) is 0 Å². The largest absolute Gasteiger partial charge is 0.336 e. The normalized spacial score (nSPS) is 14.3. The number of piperidine rings is 1. The lowest BCUT2D eigenvalue weighted by Crippen LogP contribution is -2.36. The Morgan fingerprint density at radius 2 is 1.85 bits per heavy atom. The van der Waals surface area contributed by atoms with E-state index in [1.807, 2.05) is 17.0 Å². The number of nitrogens with zero attached hydrogens (tertiary/aromatic N) is 3. The molecule has 1 N–H and O–H groups in total. The summed E-state index contributed by atoms with van der Waals surface area (Å²) in [6.07, 6.45) is 4.89. The topological polar surface area (TPSA) is 66.7 Å². The third kappa shape index (κ3) is 3.53. The van der Waals surface area contributed by atoms with E-state index < -0.39 is 0 Å². The number of nitrogens with one attached hydrogen (secondary N) is 1. The van der Waals surface area contributed by atoms with E-state index in [4.69, 9.17) is 11.6 Å². The third-order valence-electron chi connectivity index (χ3n) is 4.68. The van der Waals surface area contributed by atoms with Crippen LogP contribution in [0.25, 0.3) is 5.52 Å². The van der Waals surface area contributed by atoms with E-state index in [0.29, 0.717) is 16.2 Å². The minimum atomic E-state index is -0.376. The Hall–Kier alpha value is -2.86. The highest BCUT2D eigenvalue weighted by atomic mass is 35.5. The maximum atomic E-state index is 12.9. The van der Waals surface area contributed by atoms with E-state index >= 15 is 0 Å². The van der Waals surface area contributed by atoms with E-state index in [9.17, 15) is 9.59 Å². The number of halogens is 1. The molecule has 2 amide bonds. The highest BCUT2D eigenvalue weighted by Gasteiger charge is 2.26.